The second kappa shape index (κ2) is 7.09. The van der Waals surface area contributed by atoms with Crippen LogP contribution >= 0.6 is 11.6 Å². The fraction of sp³-hybridized carbons (Fsp3) is 0.235. The second-order valence-corrected chi connectivity index (χ2v) is 6.28. The summed E-state index contributed by atoms with van der Waals surface area (Å²) in [6, 6.07) is 5.30. The van der Waals surface area contributed by atoms with E-state index in [0.717, 1.165) is 17.5 Å². The van der Waals surface area contributed by atoms with Gasteiger partial charge in [0.25, 0.3) is 0 Å². The zero-order valence-corrected chi connectivity index (χ0v) is 14.4. The quantitative estimate of drug-likeness (QED) is 0.684. The van der Waals surface area contributed by atoms with Crippen LogP contribution in [-0.2, 0) is 4.79 Å². The number of pyridine rings is 2. The van der Waals surface area contributed by atoms with Gasteiger partial charge in [-0.05, 0) is 18.6 Å². The highest BCUT2D eigenvalue weighted by Crippen LogP contribution is 2.36. The largest absolute Gasteiger partial charge is 0.493 e. The number of carbonyl (C=O) groups excluding carboxylic acids is 1. The van der Waals surface area contributed by atoms with E-state index in [-0.39, 0.29) is 11.8 Å². The van der Waals surface area contributed by atoms with Gasteiger partial charge in [-0.15, -0.1) is 10.2 Å². The highest BCUT2D eigenvalue weighted by molar-refractivity contribution is 6.29. The van der Waals surface area contributed by atoms with Crippen molar-refractivity contribution in [3.63, 3.8) is 0 Å². The normalized spacial score (nSPS) is 15.8. The highest BCUT2D eigenvalue weighted by atomic mass is 35.5. The van der Waals surface area contributed by atoms with E-state index >= 15 is 0 Å². The second-order valence-electron chi connectivity index (χ2n) is 5.89. The summed E-state index contributed by atoms with van der Waals surface area (Å²) in [6.45, 7) is 0.541. The van der Waals surface area contributed by atoms with Crippen molar-refractivity contribution in [3.8, 4) is 17.1 Å². The van der Waals surface area contributed by atoms with Crippen molar-refractivity contribution in [2.75, 3.05) is 11.9 Å². The molecule has 8 nitrogen and oxygen atoms in total. The van der Waals surface area contributed by atoms with Crippen LogP contribution in [0.5, 0.6) is 5.75 Å². The lowest BCUT2D eigenvalue weighted by molar-refractivity contribution is -0.116. The summed E-state index contributed by atoms with van der Waals surface area (Å²) in [7, 11) is 0. The van der Waals surface area contributed by atoms with Crippen molar-refractivity contribution in [1.29, 1.82) is 0 Å². The van der Waals surface area contributed by atoms with Gasteiger partial charge in [-0.25, -0.2) is 4.98 Å². The molecular weight excluding hydrogens is 356 g/mol. The van der Waals surface area contributed by atoms with E-state index in [0.29, 0.717) is 35.7 Å². The third kappa shape index (κ3) is 3.50. The van der Waals surface area contributed by atoms with Crippen LogP contribution in [0.25, 0.3) is 11.4 Å². The minimum absolute atomic E-state index is 0.0195. The molecule has 2 N–H and O–H groups in total. The summed E-state index contributed by atoms with van der Waals surface area (Å²) >= 11 is 5.90. The summed E-state index contributed by atoms with van der Waals surface area (Å²) in [6.07, 6.45) is 6.04. The maximum absolute atomic E-state index is 12.4. The van der Waals surface area contributed by atoms with Gasteiger partial charge in [-0.1, -0.05) is 11.6 Å². The van der Waals surface area contributed by atoms with Crippen molar-refractivity contribution < 1.29 is 9.53 Å². The van der Waals surface area contributed by atoms with E-state index in [4.69, 9.17) is 16.3 Å². The molecule has 4 heterocycles. The van der Waals surface area contributed by atoms with Crippen LogP contribution in [0.4, 0.5) is 5.95 Å². The molecule has 4 rings (SSSR count). The molecule has 1 aliphatic rings. The third-order valence-electron chi connectivity index (χ3n) is 4.16. The molecule has 0 radical (unpaired) electrons. The molecule has 26 heavy (non-hydrogen) atoms. The van der Waals surface area contributed by atoms with Crippen molar-refractivity contribution in [2.45, 2.75) is 18.8 Å². The molecule has 132 valence electrons. The summed E-state index contributed by atoms with van der Waals surface area (Å²) < 4.78 is 5.60. The minimum Gasteiger partial charge on any atom is -0.493 e. The average molecular weight is 371 g/mol. The van der Waals surface area contributed by atoms with E-state index < -0.39 is 0 Å². The Hall–Kier alpha value is -3.00. The first kappa shape index (κ1) is 16.5. The van der Waals surface area contributed by atoms with E-state index in [9.17, 15) is 4.79 Å². The summed E-state index contributed by atoms with van der Waals surface area (Å²) in [5, 5.41) is 11.1. The van der Waals surface area contributed by atoms with Gasteiger partial charge in [0.05, 0.1) is 6.61 Å². The SMILES string of the molecule is O=C(C[C@H]1CCOc2cc(Cl)ncc21)Nc1nnc(-c2ccncc2)[nH]1. The Labute approximate surface area is 154 Å². The van der Waals surface area contributed by atoms with Crippen LogP contribution in [0.1, 0.15) is 24.3 Å². The van der Waals surface area contributed by atoms with Crippen molar-refractivity contribution >= 4 is 23.5 Å². The fourth-order valence-electron chi connectivity index (χ4n) is 2.90. The number of fused-ring (bicyclic) bond motifs is 1. The number of nitrogens with one attached hydrogen (secondary N) is 2. The first-order chi connectivity index (χ1) is 12.7. The van der Waals surface area contributed by atoms with Crippen molar-refractivity contribution in [2.24, 2.45) is 0 Å². The topological polar surface area (TPSA) is 106 Å². The number of amides is 1. The number of hydrogen-bond donors (Lipinski definition) is 2. The number of carbonyl (C=O) groups is 1. The molecule has 0 saturated carbocycles. The Bertz CT molecular complexity index is 930. The summed E-state index contributed by atoms with van der Waals surface area (Å²) in [5.41, 5.74) is 1.74. The van der Waals surface area contributed by atoms with E-state index in [1.165, 1.54) is 0 Å². The molecule has 1 atom stereocenters. The van der Waals surface area contributed by atoms with Gasteiger partial charge in [0.1, 0.15) is 10.9 Å². The number of nitrogens with zero attached hydrogens (tertiary/aromatic N) is 4. The molecule has 0 aromatic carbocycles. The lowest BCUT2D eigenvalue weighted by Crippen LogP contribution is -2.21. The third-order valence-corrected chi connectivity index (χ3v) is 4.36. The van der Waals surface area contributed by atoms with Gasteiger partial charge in [0.15, 0.2) is 5.82 Å². The van der Waals surface area contributed by atoms with E-state index in [2.05, 4.69) is 30.5 Å². The predicted octanol–water partition coefficient (Wildman–Crippen LogP) is 2.81. The van der Waals surface area contributed by atoms with E-state index in [1.54, 1.807) is 24.7 Å². The summed E-state index contributed by atoms with van der Waals surface area (Å²) in [4.78, 5) is 23.4. The summed E-state index contributed by atoms with van der Waals surface area (Å²) in [5.74, 6) is 1.43. The predicted molar refractivity (Wildman–Crippen MR) is 95.0 cm³/mol. The molecule has 0 bridgehead atoms. The molecule has 0 saturated heterocycles. The number of H-pyrrole nitrogens is 1. The maximum atomic E-state index is 12.4. The number of rotatable bonds is 4. The van der Waals surface area contributed by atoms with Crippen molar-refractivity contribution in [1.82, 2.24) is 25.1 Å². The average Bonchev–Trinajstić information content (AvgIpc) is 3.11. The molecular formula is C17H15ClN6O2. The van der Waals surface area contributed by atoms with E-state index in [1.807, 2.05) is 12.1 Å². The number of hydrogen-bond acceptors (Lipinski definition) is 6. The Morgan fingerprint density at radius 3 is 3.04 bits per heavy atom. The zero-order valence-electron chi connectivity index (χ0n) is 13.6. The molecule has 1 amide bonds. The number of aromatic nitrogens is 5. The Morgan fingerprint density at radius 1 is 1.35 bits per heavy atom. The first-order valence-corrected chi connectivity index (χ1v) is 8.48. The van der Waals surface area contributed by atoms with Crippen LogP contribution in [0.2, 0.25) is 5.15 Å². The Balaban J connectivity index is 1.43. The number of aromatic amines is 1. The molecule has 0 fully saturated rings. The van der Waals surface area contributed by atoms with Crippen LogP contribution < -0.4 is 10.1 Å². The smallest absolute Gasteiger partial charge is 0.228 e. The minimum atomic E-state index is -0.157. The number of anilines is 1. The van der Waals surface area contributed by atoms with Gasteiger partial charge in [0.2, 0.25) is 11.9 Å². The molecule has 0 unspecified atom stereocenters. The molecule has 3 aromatic heterocycles. The Morgan fingerprint density at radius 2 is 2.19 bits per heavy atom. The molecule has 1 aliphatic heterocycles. The molecule has 0 aliphatic carbocycles. The van der Waals surface area contributed by atoms with Crippen LogP contribution in [0.3, 0.4) is 0 Å². The zero-order chi connectivity index (χ0) is 17.9. The van der Waals surface area contributed by atoms with Gasteiger partial charge in [-0.2, -0.15) is 0 Å². The van der Waals surface area contributed by atoms with Gasteiger partial charge in [0, 0.05) is 48.1 Å². The first-order valence-electron chi connectivity index (χ1n) is 8.10. The van der Waals surface area contributed by atoms with Crippen LogP contribution in [0, 0.1) is 0 Å². The molecule has 0 spiro atoms. The standard InChI is InChI=1S/C17H15ClN6O2/c18-14-8-13-12(9-20-14)11(3-6-26-13)7-15(25)21-17-22-16(23-24-17)10-1-4-19-5-2-10/h1-2,4-5,8-9,11H,3,6-7H2,(H2,21,22,23,24,25)/t11-/m1/s1. The lowest BCUT2D eigenvalue weighted by atomic mass is 9.91. The van der Waals surface area contributed by atoms with Gasteiger partial charge < -0.3 is 9.72 Å². The van der Waals surface area contributed by atoms with Crippen LogP contribution in [-0.4, -0.2) is 37.7 Å². The Kier molecular flexibility index (Phi) is 4.49. The lowest BCUT2D eigenvalue weighted by Gasteiger charge is -2.25. The molecule has 3 aromatic rings. The molecule has 9 heteroatoms. The maximum Gasteiger partial charge on any atom is 0.228 e. The van der Waals surface area contributed by atoms with Crippen LogP contribution in [0.15, 0.2) is 36.8 Å². The fourth-order valence-corrected chi connectivity index (χ4v) is 3.05. The number of ether oxygens (including phenoxy) is 1. The monoisotopic (exact) mass is 370 g/mol. The number of halogens is 1. The van der Waals surface area contributed by atoms with Gasteiger partial charge >= 0.3 is 0 Å². The van der Waals surface area contributed by atoms with Gasteiger partial charge in [-0.3, -0.25) is 15.1 Å². The highest BCUT2D eigenvalue weighted by Gasteiger charge is 2.25. The van der Waals surface area contributed by atoms with Crippen molar-refractivity contribution in [3.05, 3.63) is 47.5 Å².